The SMILES string of the molecule is CC1(C)CC(OCOCC(C(=O)OC2CC(C)(C)NC(C)(C)C2)C(CC(=O)OC2CC(C)(C)NC(C)(C)C2)OCOC2CC(C)(C)NC(C)(C)C2)CC(C)(C)N1. The van der Waals surface area contributed by atoms with E-state index in [-0.39, 0.29) is 95.3 Å². The summed E-state index contributed by atoms with van der Waals surface area (Å²) in [6.45, 7) is 34.3. The molecule has 2 atom stereocenters. The number of hydrogen-bond donors (Lipinski definition) is 4. The fraction of sp³-hybridized carbons (Fsp3) is 0.955. The molecule has 4 saturated heterocycles. The summed E-state index contributed by atoms with van der Waals surface area (Å²) in [5, 5.41) is 14.7. The molecule has 0 aromatic carbocycles. The van der Waals surface area contributed by atoms with Crippen LogP contribution in [-0.4, -0.2) is 107 Å². The van der Waals surface area contributed by atoms with Crippen LogP contribution in [0.25, 0.3) is 0 Å². The molecule has 0 aliphatic carbocycles. The second-order valence-corrected chi connectivity index (χ2v) is 23.1. The van der Waals surface area contributed by atoms with Gasteiger partial charge >= 0.3 is 11.9 Å². The summed E-state index contributed by atoms with van der Waals surface area (Å²) in [6.07, 6.45) is 4.15. The fourth-order valence-corrected chi connectivity index (χ4v) is 11.2. The van der Waals surface area contributed by atoms with E-state index in [0.29, 0.717) is 25.7 Å². The van der Waals surface area contributed by atoms with Gasteiger partial charge in [-0.2, -0.15) is 0 Å². The van der Waals surface area contributed by atoms with Crippen LogP contribution in [-0.2, 0) is 38.0 Å². The molecule has 326 valence electrons. The van der Waals surface area contributed by atoms with Crippen molar-refractivity contribution in [1.29, 1.82) is 0 Å². The zero-order valence-electron chi connectivity index (χ0n) is 38.2. The number of nitrogens with one attached hydrogen (secondary N) is 4. The third-order valence-electron chi connectivity index (χ3n) is 11.6. The Kier molecular flexibility index (Phi) is 14.6. The highest BCUT2D eigenvalue weighted by Gasteiger charge is 2.44. The van der Waals surface area contributed by atoms with Gasteiger partial charge in [0.25, 0.3) is 0 Å². The molecule has 4 N–H and O–H groups in total. The zero-order chi connectivity index (χ0) is 42.2. The average Bonchev–Trinajstić information content (AvgIpc) is 2.89. The van der Waals surface area contributed by atoms with Crippen molar-refractivity contribution in [1.82, 2.24) is 21.3 Å². The quantitative estimate of drug-likeness (QED) is 0.0801. The molecule has 0 radical (unpaired) electrons. The Morgan fingerprint density at radius 3 is 1.18 bits per heavy atom. The maximum Gasteiger partial charge on any atom is 0.314 e. The van der Waals surface area contributed by atoms with E-state index in [0.717, 1.165) is 25.7 Å². The lowest BCUT2D eigenvalue weighted by Gasteiger charge is -2.46. The number of ether oxygens (including phenoxy) is 6. The van der Waals surface area contributed by atoms with Gasteiger partial charge in [-0.3, -0.25) is 9.59 Å². The van der Waals surface area contributed by atoms with Crippen molar-refractivity contribution < 1.29 is 38.0 Å². The Labute approximate surface area is 340 Å². The van der Waals surface area contributed by atoms with E-state index in [1.165, 1.54) is 0 Å². The number of piperidine rings is 4. The van der Waals surface area contributed by atoms with E-state index in [9.17, 15) is 9.59 Å². The average molecular weight is 795 g/mol. The lowest BCUT2D eigenvalue weighted by Crippen LogP contribution is -2.60. The van der Waals surface area contributed by atoms with Crippen molar-refractivity contribution >= 4 is 11.9 Å². The zero-order valence-corrected chi connectivity index (χ0v) is 38.2. The van der Waals surface area contributed by atoms with Crippen molar-refractivity contribution in [2.24, 2.45) is 5.92 Å². The van der Waals surface area contributed by atoms with Crippen molar-refractivity contribution in [3.05, 3.63) is 0 Å². The molecule has 4 aliphatic heterocycles. The normalized spacial score (nSPS) is 28.2. The third-order valence-corrected chi connectivity index (χ3v) is 11.6. The highest BCUT2D eigenvalue weighted by molar-refractivity contribution is 5.76. The van der Waals surface area contributed by atoms with Gasteiger partial charge in [-0.05, 0) is 136 Å². The predicted molar refractivity (Wildman–Crippen MR) is 220 cm³/mol. The monoisotopic (exact) mass is 795 g/mol. The first-order chi connectivity index (χ1) is 25.3. The first-order valence-electron chi connectivity index (χ1n) is 21.3. The number of hydrogen-bond acceptors (Lipinski definition) is 12. The first kappa shape index (κ1) is 47.3. The summed E-state index contributed by atoms with van der Waals surface area (Å²) < 4.78 is 37.9. The summed E-state index contributed by atoms with van der Waals surface area (Å²) in [6, 6.07) is 0. The Balaban J connectivity index is 1.55. The van der Waals surface area contributed by atoms with Crippen LogP contribution in [0.1, 0.15) is 169 Å². The topological polar surface area (TPSA) is 138 Å². The van der Waals surface area contributed by atoms with Gasteiger partial charge in [-0.1, -0.05) is 0 Å². The lowest BCUT2D eigenvalue weighted by atomic mass is 9.81. The molecule has 0 amide bonds. The van der Waals surface area contributed by atoms with E-state index in [2.05, 4.69) is 132 Å². The summed E-state index contributed by atoms with van der Waals surface area (Å²) in [7, 11) is 0. The van der Waals surface area contributed by atoms with Crippen LogP contribution in [0.5, 0.6) is 0 Å². The number of esters is 2. The largest absolute Gasteiger partial charge is 0.462 e. The minimum absolute atomic E-state index is 0.000161. The molecule has 4 aliphatic rings. The summed E-state index contributed by atoms with van der Waals surface area (Å²) in [5.74, 6) is -1.81. The third kappa shape index (κ3) is 15.3. The Bertz CT molecular complexity index is 1280. The summed E-state index contributed by atoms with van der Waals surface area (Å²) in [5.41, 5.74) is -1.31. The molecule has 0 aromatic heterocycles. The van der Waals surface area contributed by atoms with Gasteiger partial charge in [0.2, 0.25) is 0 Å². The lowest BCUT2D eigenvalue weighted by molar-refractivity contribution is -0.190. The molecule has 12 nitrogen and oxygen atoms in total. The summed E-state index contributed by atoms with van der Waals surface area (Å²) >= 11 is 0. The highest BCUT2D eigenvalue weighted by atomic mass is 16.7. The van der Waals surface area contributed by atoms with Crippen LogP contribution in [0, 0.1) is 5.92 Å². The van der Waals surface area contributed by atoms with E-state index in [4.69, 9.17) is 28.4 Å². The van der Waals surface area contributed by atoms with Gasteiger partial charge in [-0.15, -0.1) is 0 Å². The molecule has 12 heteroatoms. The van der Waals surface area contributed by atoms with Crippen molar-refractivity contribution in [3.63, 3.8) is 0 Å². The Morgan fingerprint density at radius 1 is 0.482 bits per heavy atom. The van der Waals surface area contributed by atoms with Gasteiger partial charge in [0.1, 0.15) is 31.7 Å². The van der Waals surface area contributed by atoms with Gasteiger partial charge in [0.15, 0.2) is 0 Å². The number of carbonyl (C=O) groups is 2. The molecule has 4 fully saturated rings. The van der Waals surface area contributed by atoms with Crippen LogP contribution in [0.4, 0.5) is 0 Å². The molecular formula is C44H82N4O8. The smallest absolute Gasteiger partial charge is 0.314 e. The molecule has 4 rings (SSSR count). The van der Waals surface area contributed by atoms with Crippen LogP contribution in [0.15, 0.2) is 0 Å². The highest BCUT2D eigenvalue weighted by Crippen LogP contribution is 2.35. The van der Waals surface area contributed by atoms with Crippen molar-refractivity contribution in [2.75, 3.05) is 20.2 Å². The van der Waals surface area contributed by atoms with Crippen LogP contribution in [0.3, 0.4) is 0 Å². The maximum atomic E-state index is 14.5. The van der Waals surface area contributed by atoms with Crippen molar-refractivity contribution in [3.8, 4) is 0 Å². The fourth-order valence-electron chi connectivity index (χ4n) is 11.2. The van der Waals surface area contributed by atoms with Gasteiger partial charge in [0, 0.05) is 70.0 Å². The van der Waals surface area contributed by atoms with Crippen LogP contribution >= 0.6 is 0 Å². The van der Waals surface area contributed by atoms with Gasteiger partial charge in [0.05, 0.1) is 31.3 Å². The van der Waals surface area contributed by atoms with E-state index < -0.39 is 24.0 Å². The summed E-state index contributed by atoms with van der Waals surface area (Å²) in [4.78, 5) is 28.4. The standard InChI is InChI=1S/C44H82N4O8/c1-37(2)18-29(19-38(3,4)45-37)52-27-51-26-33(36(50)56-32-24-43(13,14)48-44(15,16)25-32)34(54-28-53-30-20-39(5,6)46-40(7,8)21-30)17-35(49)55-31-22-41(9,10)47-42(11,12)23-31/h29-34,45-48H,17-28H2,1-16H3. The molecule has 0 spiro atoms. The minimum atomic E-state index is -0.932. The molecule has 0 aromatic rings. The number of rotatable bonds is 15. The molecule has 56 heavy (non-hydrogen) atoms. The van der Waals surface area contributed by atoms with E-state index in [1.54, 1.807) is 0 Å². The van der Waals surface area contributed by atoms with Crippen LogP contribution in [0.2, 0.25) is 0 Å². The second-order valence-electron chi connectivity index (χ2n) is 23.1. The molecular weight excluding hydrogens is 713 g/mol. The minimum Gasteiger partial charge on any atom is -0.462 e. The molecule has 0 bridgehead atoms. The van der Waals surface area contributed by atoms with Gasteiger partial charge in [-0.25, -0.2) is 0 Å². The van der Waals surface area contributed by atoms with Crippen molar-refractivity contribution in [2.45, 2.75) is 243 Å². The van der Waals surface area contributed by atoms with E-state index >= 15 is 0 Å². The van der Waals surface area contributed by atoms with Gasteiger partial charge < -0.3 is 49.7 Å². The molecule has 2 unspecified atom stereocenters. The van der Waals surface area contributed by atoms with Crippen LogP contribution < -0.4 is 21.3 Å². The maximum absolute atomic E-state index is 14.5. The molecule has 0 saturated carbocycles. The molecule has 4 heterocycles. The van der Waals surface area contributed by atoms with E-state index in [1.807, 2.05) is 0 Å². The number of carbonyl (C=O) groups excluding carboxylic acids is 2. The first-order valence-corrected chi connectivity index (χ1v) is 21.3. The second kappa shape index (κ2) is 17.3. The Hall–Kier alpha value is -1.38. The predicted octanol–water partition coefficient (Wildman–Crippen LogP) is 6.67. The Morgan fingerprint density at radius 2 is 0.804 bits per heavy atom.